The van der Waals surface area contributed by atoms with Crippen LogP contribution in [0.2, 0.25) is 0 Å². The Balaban J connectivity index is 0.00000162. The molecule has 0 spiro atoms. The summed E-state index contributed by atoms with van der Waals surface area (Å²) in [6.45, 7) is 8.09. The molecule has 2 saturated heterocycles. The van der Waals surface area contributed by atoms with E-state index in [-0.39, 0.29) is 32.2 Å². The van der Waals surface area contributed by atoms with Crippen LogP contribution in [0.4, 0.5) is 0 Å². The number of fused-ring (bicyclic) bond motifs is 2. The lowest BCUT2D eigenvalue weighted by Gasteiger charge is -2.42. The molecule has 0 saturated carbocycles. The van der Waals surface area contributed by atoms with E-state index in [1.807, 2.05) is 20.8 Å². The van der Waals surface area contributed by atoms with Crippen molar-refractivity contribution < 1.29 is 24.4 Å². The van der Waals surface area contributed by atoms with Gasteiger partial charge in [0.25, 0.3) is 0 Å². The van der Waals surface area contributed by atoms with E-state index in [0.717, 1.165) is 0 Å². The highest BCUT2D eigenvalue weighted by Gasteiger charge is 2.58. The maximum atomic E-state index is 10.1. The second-order valence-electron chi connectivity index (χ2n) is 6.06. The third-order valence-corrected chi connectivity index (χ3v) is 3.42. The molecule has 0 unspecified atom stereocenters. The van der Waals surface area contributed by atoms with E-state index in [1.54, 1.807) is 6.92 Å². The van der Waals surface area contributed by atoms with Crippen molar-refractivity contribution in [1.82, 2.24) is 0 Å². The van der Waals surface area contributed by atoms with Gasteiger partial charge in [-0.05, 0) is 20.8 Å². The average Bonchev–Trinajstić information content (AvgIpc) is 2.64. The monoisotopic (exact) mass is 262 g/mol. The average molecular weight is 262 g/mol. The minimum atomic E-state index is -0.974. The lowest BCUT2D eigenvalue weighted by atomic mass is 9.86. The van der Waals surface area contributed by atoms with Crippen LogP contribution < -0.4 is 0 Å². The van der Waals surface area contributed by atoms with Gasteiger partial charge in [0.1, 0.15) is 11.7 Å². The fourth-order valence-corrected chi connectivity index (χ4v) is 2.20. The van der Waals surface area contributed by atoms with Crippen LogP contribution in [0.3, 0.4) is 0 Å². The summed E-state index contributed by atoms with van der Waals surface area (Å²) in [7, 11) is 0. The third-order valence-electron chi connectivity index (χ3n) is 3.42. The van der Waals surface area contributed by atoms with Gasteiger partial charge < -0.3 is 24.4 Å². The molecule has 0 amide bonds. The van der Waals surface area contributed by atoms with Gasteiger partial charge in [0.2, 0.25) is 0 Å². The van der Waals surface area contributed by atoms with E-state index >= 15 is 0 Å². The number of hydrogen-bond acceptors (Lipinski definition) is 5. The molecule has 5 atom stereocenters. The Hall–Kier alpha value is -0.200. The number of rotatable bonds is 2. The second kappa shape index (κ2) is 5.06. The third kappa shape index (κ3) is 2.70. The fraction of sp³-hybridized carbons (Fsp3) is 1.00. The van der Waals surface area contributed by atoms with Crippen LogP contribution in [0.25, 0.3) is 0 Å². The molecule has 2 aliphatic heterocycles. The second-order valence-corrected chi connectivity index (χ2v) is 6.06. The van der Waals surface area contributed by atoms with E-state index in [0.29, 0.717) is 0 Å². The van der Waals surface area contributed by atoms with Crippen molar-refractivity contribution >= 4 is 0 Å². The lowest BCUT2D eigenvalue weighted by molar-refractivity contribution is -0.254. The van der Waals surface area contributed by atoms with Gasteiger partial charge in [0.05, 0.1) is 24.9 Å². The smallest absolute Gasteiger partial charge is 0.163 e. The van der Waals surface area contributed by atoms with Crippen LogP contribution in [0.1, 0.15) is 35.1 Å². The fourth-order valence-electron chi connectivity index (χ4n) is 2.20. The van der Waals surface area contributed by atoms with Crippen molar-refractivity contribution in [2.45, 2.75) is 64.8 Å². The zero-order valence-electron chi connectivity index (χ0n) is 10.8. The molecule has 2 fully saturated rings. The summed E-state index contributed by atoms with van der Waals surface area (Å²) in [6, 6.07) is 0. The summed E-state index contributed by atoms with van der Waals surface area (Å²) in [5.41, 5.74) is -1.24. The Bertz CT molecular complexity index is 288. The summed E-state index contributed by atoms with van der Waals surface area (Å²) >= 11 is 0. The summed E-state index contributed by atoms with van der Waals surface area (Å²) < 4.78 is 16.9. The van der Waals surface area contributed by atoms with Crippen LogP contribution in [0.15, 0.2) is 0 Å². The van der Waals surface area contributed by atoms with Crippen LogP contribution in [-0.4, -0.2) is 53.1 Å². The summed E-state index contributed by atoms with van der Waals surface area (Å²) in [5, 5.41) is 20.1. The molecule has 5 nitrogen and oxygen atoms in total. The molecule has 2 heterocycles. The van der Waals surface area contributed by atoms with Crippen molar-refractivity contribution in [2.75, 3.05) is 13.2 Å². The molecule has 5 heteroatoms. The van der Waals surface area contributed by atoms with E-state index in [4.69, 9.17) is 14.2 Å². The molecular formula is C13H26O5. The van der Waals surface area contributed by atoms with Crippen molar-refractivity contribution in [3.63, 3.8) is 0 Å². The van der Waals surface area contributed by atoms with E-state index < -0.39 is 24.1 Å². The zero-order valence-corrected chi connectivity index (χ0v) is 10.8. The van der Waals surface area contributed by atoms with E-state index in [9.17, 15) is 10.2 Å². The van der Waals surface area contributed by atoms with Gasteiger partial charge in [-0.3, -0.25) is 0 Å². The van der Waals surface area contributed by atoms with Crippen LogP contribution in [0, 0.1) is 5.92 Å². The van der Waals surface area contributed by atoms with Crippen molar-refractivity contribution in [2.24, 2.45) is 5.92 Å². The first kappa shape index (κ1) is 15.9. The Morgan fingerprint density at radius 1 is 1.33 bits per heavy atom. The molecule has 18 heavy (non-hydrogen) atoms. The first-order valence-corrected chi connectivity index (χ1v) is 6.05. The molecule has 0 aromatic heterocycles. The van der Waals surface area contributed by atoms with Gasteiger partial charge in [-0.1, -0.05) is 14.4 Å². The molecule has 2 aliphatic rings. The molecule has 0 radical (unpaired) electrons. The van der Waals surface area contributed by atoms with Crippen LogP contribution in [-0.2, 0) is 14.2 Å². The predicted molar refractivity (Wildman–Crippen MR) is 67.2 cm³/mol. The Morgan fingerprint density at radius 3 is 2.50 bits per heavy atom. The summed E-state index contributed by atoms with van der Waals surface area (Å²) in [5.74, 6) is -0.227. The van der Waals surface area contributed by atoms with Gasteiger partial charge >= 0.3 is 0 Å². The topological polar surface area (TPSA) is 68.2 Å². The van der Waals surface area contributed by atoms with Crippen molar-refractivity contribution in [3.8, 4) is 0 Å². The molecular weight excluding hydrogens is 236 g/mol. The Kier molecular flexibility index (Phi) is 4.45. The molecule has 108 valence electrons. The highest BCUT2D eigenvalue weighted by molar-refractivity contribution is 5.02. The maximum absolute atomic E-state index is 10.1. The first-order chi connectivity index (χ1) is 7.75. The number of aliphatic hydroxyl groups is 2. The van der Waals surface area contributed by atoms with E-state index in [2.05, 4.69) is 0 Å². The number of ether oxygens (including phenoxy) is 3. The van der Waals surface area contributed by atoms with Crippen LogP contribution >= 0.6 is 0 Å². The SMILES string of the molecule is C.C[C@H]1[C@H]2OC[C@](COC(C)(C)C)(O2)[C@H](O)[C@@H]1O. The minimum Gasteiger partial charge on any atom is -0.390 e. The van der Waals surface area contributed by atoms with Gasteiger partial charge in [0, 0.05) is 5.92 Å². The summed E-state index contributed by atoms with van der Waals surface area (Å²) in [4.78, 5) is 0. The van der Waals surface area contributed by atoms with E-state index in [1.165, 1.54) is 0 Å². The standard InChI is InChI=1S/C12H22O5.CH4/c1-7-8(13)9(14)12(5-15-10(7)17-12)6-16-11(2,3)4;/h7-10,13-14H,5-6H2,1-4H3;1H4/t7-,8-,9-,10+,12-;/m1./s1. The molecule has 0 aliphatic carbocycles. The highest BCUT2D eigenvalue weighted by atomic mass is 16.7. The number of aliphatic hydroxyl groups excluding tert-OH is 2. The van der Waals surface area contributed by atoms with Crippen molar-refractivity contribution in [3.05, 3.63) is 0 Å². The van der Waals surface area contributed by atoms with Crippen molar-refractivity contribution in [1.29, 1.82) is 0 Å². The lowest BCUT2D eigenvalue weighted by Crippen LogP contribution is -2.60. The van der Waals surface area contributed by atoms with Gasteiger partial charge in [-0.25, -0.2) is 0 Å². The highest BCUT2D eigenvalue weighted by Crippen LogP contribution is 2.40. The first-order valence-electron chi connectivity index (χ1n) is 6.05. The van der Waals surface area contributed by atoms with Gasteiger partial charge in [-0.2, -0.15) is 0 Å². The number of hydrogen-bond donors (Lipinski definition) is 2. The Labute approximate surface area is 109 Å². The van der Waals surface area contributed by atoms with Gasteiger partial charge in [0.15, 0.2) is 6.29 Å². The Morgan fingerprint density at radius 2 is 1.94 bits per heavy atom. The molecule has 2 bridgehead atoms. The molecule has 2 N–H and O–H groups in total. The van der Waals surface area contributed by atoms with Gasteiger partial charge in [-0.15, -0.1) is 0 Å². The molecule has 2 rings (SSSR count). The maximum Gasteiger partial charge on any atom is 0.163 e. The van der Waals surface area contributed by atoms with Crippen LogP contribution in [0.5, 0.6) is 0 Å². The largest absolute Gasteiger partial charge is 0.390 e. The minimum absolute atomic E-state index is 0. The zero-order chi connectivity index (χ0) is 12.8. The predicted octanol–water partition coefficient (Wildman–Crippen LogP) is 0.921. The summed E-state index contributed by atoms with van der Waals surface area (Å²) in [6.07, 6.45) is -2.25. The molecule has 0 aromatic rings. The quantitative estimate of drug-likeness (QED) is 0.774. The molecule has 0 aromatic carbocycles. The normalized spacial score (nSPS) is 43.7.